The molecule has 0 aromatic carbocycles. The third kappa shape index (κ3) is 2.12. The van der Waals surface area contributed by atoms with Crippen molar-refractivity contribution in [2.75, 3.05) is 18.0 Å². The normalized spacial score (nSPS) is 21.0. The third-order valence-corrected chi connectivity index (χ3v) is 3.04. The van der Waals surface area contributed by atoms with E-state index in [1.54, 1.807) is 0 Å². The molecule has 1 aliphatic heterocycles. The lowest BCUT2D eigenvalue weighted by atomic mass is 10.2. The van der Waals surface area contributed by atoms with Gasteiger partial charge in [-0.15, -0.1) is 0 Å². The van der Waals surface area contributed by atoms with E-state index in [0.717, 1.165) is 36.1 Å². The first kappa shape index (κ1) is 10.4. The van der Waals surface area contributed by atoms with Crippen LogP contribution in [0.1, 0.15) is 24.6 Å². The Hall–Kier alpha value is -1.09. The van der Waals surface area contributed by atoms with Crippen molar-refractivity contribution in [3.63, 3.8) is 0 Å². The van der Waals surface area contributed by atoms with E-state index in [1.165, 1.54) is 6.42 Å². The fourth-order valence-electron chi connectivity index (χ4n) is 2.13. The number of anilines is 1. The first-order valence-corrected chi connectivity index (χ1v) is 5.62. The molecular weight excluding hydrogens is 186 g/mol. The first-order chi connectivity index (χ1) is 7.20. The monoisotopic (exact) mass is 205 g/mol. The zero-order valence-electron chi connectivity index (χ0n) is 9.53. The van der Waals surface area contributed by atoms with Gasteiger partial charge in [-0.25, -0.2) is 4.98 Å². The average Bonchev–Trinajstić information content (AvgIpc) is 2.65. The molecule has 1 fully saturated rings. The van der Waals surface area contributed by atoms with E-state index in [-0.39, 0.29) is 0 Å². The standard InChI is InChI=1S/C12H19N3/c1-9-5-6-15(8-9)12-11(7-13)4-3-10(2)14-12/h3-4,9H,5-8,13H2,1-2H3. The van der Waals surface area contributed by atoms with Gasteiger partial charge in [-0.05, 0) is 25.3 Å². The molecule has 0 bridgehead atoms. The summed E-state index contributed by atoms with van der Waals surface area (Å²) in [6, 6.07) is 4.13. The van der Waals surface area contributed by atoms with Gasteiger partial charge in [0.15, 0.2) is 0 Å². The minimum absolute atomic E-state index is 0.577. The molecular formula is C12H19N3. The van der Waals surface area contributed by atoms with Crippen molar-refractivity contribution in [1.82, 2.24) is 4.98 Å². The largest absolute Gasteiger partial charge is 0.356 e. The molecule has 0 saturated carbocycles. The second-order valence-corrected chi connectivity index (χ2v) is 4.48. The topological polar surface area (TPSA) is 42.1 Å². The van der Waals surface area contributed by atoms with Crippen LogP contribution in [0.15, 0.2) is 12.1 Å². The zero-order chi connectivity index (χ0) is 10.8. The number of aryl methyl sites for hydroxylation is 1. The Balaban J connectivity index is 2.29. The Morgan fingerprint density at radius 1 is 1.53 bits per heavy atom. The maximum absolute atomic E-state index is 5.74. The van der Waals surface area contributed by atoms with Crippen LogP contribution in [0.25, 0.3) is 0 Å². The van der Waals surface area contributed by atoms with E-state index < -0.39 is 0 Å². The Labute approximate surface area is 91.3 Å². The summed E-state index contributed by atoms with van der Waals surface area (Å²) in [5, 5.41) is 0. The summed E-state index contributed by atoms with van der Waals surface area (Å²) in [7, 11) is 0. The van der Waals surface area contributed by atoms with Gasteiger partial charge in [0, 0.05) is 30.9 Å². The van der Waals surface area contributed by atoms with Crippen molar-refractivity contribution in [1.29, 1.82) is 0 Å². The molecule has 3 heteroatoms. The van der Waals surface area contributed by atoms with E-state index in [0.29, 0.717) is 6.54 Å². The third-order valence-electron chi connectivity index (χ3n) is 3.04. The predicted molar refractivity (Wildman–Crippen MR) is 62.9 cm³/mol. The number of nitrogens with two attached hydrogens (primary N) is 1. The van der Waals surface area contributed by atoms with Gasteiger partial charge in [0.1, 0.15) is 5.82 Å². The molecule has 1 aromatic rings. The lowest BCUT2D eigenvalue weighted by Gasteiger charge is -2.20. The van der Waals surface area contributed by atoms with Crippen molar-refractivity contribution in [3.05, 3.63) is 23.4 Å². The van der Waals surface area contributed by atoms with Crippen molar-refractivity contribution < 1.29 is 0 Å². The highest BCUT2D eigenvalue weighted by Crippen LogP contribution is 2.25. The van der Waals surface area contributed by atoms with Crippen LogP contribution in [0.5, 0.6) is 0 Å². The number of pyridine rings is 1. The van der Waals surface area contributed by atoms with Crippen LogP contribution in [0, 0.1) is 12.8 Å². The smallest absolute Gasteiger partial charge is 0.133 e. The van der Waals surface area contributed by atoms with Gasteiger partial charge in [-0.3, -0.25) is 0 Å². The summed E-state index contributed by atoms with van der Waals surface area (Å²) in [5.41, 5.74) is 7.97. The van der Waals surface area contributed by atoms with Gasteiger partial charge in [0.05, 0.1) is 0 Å². The second-order valence-electron chi connectivity index (χ2n) is 4.48. The fourth-order valence-corrected chi connectivity index (χ4v) is 2.13. The Kier molecular flexibility index (Phi) is 2.91. The van der Waals surface area contributed by atoms with E-state index in [1.807, 2.05) is 13.0 Å². The van der Waals surface area contributed by atoms with Crippen molar-refractivity contribution in [3.8, 4) is 0 Å². The van der Waals surface area contributed by atoms with E-state index >= 15 is 0 Å². The number of nitrogens with zero attached hydrogens (tertiary/aromatic N) is 2. The summed E-state index contributed by atoms with van der Waals surface area (Å²) in [6.45, 7) is 7.13. The van der Waals surface area contributed by atoms with Crippen molar-refractivity contribution in [2.24, 2.45) is 11.7 Å². The molecule has 0 aliphatic carbocycles. The molecule has 1 aromatic heterocycles. The number of hydrogen-bond acceptors (Lipinski definition) is 3. The van der Waals surface area contributed by atoms with Gasteiger partial charge in [-0.1, -0.05) is 13.0 Å². The van der Waals surface area contributed by atoms with Gasteiger partial charge < -0.3 is 10.6 Å². The first-order valence-electron chi connectivity index (χ1n) is 5.62. The highest BCUT2D eigenvalue weighted by molar-refractivity contribution is 5.48. The predicted octanol–water partition coefficient (Wildman–Crippen LogP) is 1.69. The van der Waals surface area contributed by atoms with Gasteiger partial charge in [0.25, 0.3) is 0 Å². The molecule has 15 heavy (non-hydrogen) atoms. The Morgan fingerprint density at radius 3 is 2.93 bits per heavy atom. The van der Waals surface area contributed by atoms with Crippen LogP contribution in [0.2, 0.25) is 0 Å². The van der Waals surface area contributed by atoms with E-state index in [2.05, 4.69) is 22.9 Å². The molecule has 3 nitrogen and oxygen atoms in total. The van der Waals surface area contributed by atoms with Crippen LogP contribution in [0.3, 0.4) is 0 Å². The SMILES string of the molecule is Cc1ccc(CN)c(N2CCC(C)C2)n1. The highest BCUT2D eigenvalue weighted by Gasteiger charge is 2.21. The molecule has 1 saturated heterocycles. The quantitative estimate of drug-likeness (QED) is 0.799. The Morgan fingerprint density at radius 2 is 2.33 bits per heavy atom. The molecule has 1 aliphatic rings. The zero-order valence-corrected chi connectivity index (χ0v) is 9.53. The summed E-state index contributed by atoms with van der Waals surface area (Å²) in [4.78, 5) is 6.97. The second kappa shape index (κ2) is 4.19. The maximum Gasteiger partial charge on any atom is 0.133 e. The van der Waals surface area contributed by atoms with Crippen LogP contribution in [-0.4, -0.2) is 18.1 Å². The lowest BCUT2D eigenvalue weighted by Crippen LogP contribution is -2.23. The molecule has 1 atom stereocenters. The molecule has 0 amide bonds. The minimum Gasteiger partial charge on any atom is -0.356 e. The Bertz CT molecular complexity index is 349. The van der Waals surface area contributed by atoms with Crippen LogP contribution in [0.4, 0.5) is 5.82 Å². The molecule has 2 N–H and O–H groups in total. The number of rotatable bonds is 2. The van der Waals surface area contributed by atoms with E-state index in [4.69, 9.17) is 5.73 Å². The lowest BCUT2D eigenvalue weighted by molar-refractivity contribution is 0.658. The summed E-state index contributed by atoms with van der Waals surface area (Å²) < 4.78 is 0. The van der Waals surface area contributed by atoms with Crippen molar-refractivity contribution >= 4 is 5.82 Å². The number of hydrogen-bond donors (Lipinski definition) is 1. The summed E-state index contributed by atoms with van der Waals surface area (Å²) >= 11 is 0. The minimum atomic E-state index is 0.577. The molecule has 0 radical (unpaired) electrons. The van der Waals surface area contributed by atoms with Crippen LogP contribution >= 0.6 is 0 Å². The molecule has 2 heterocycles. The molecule has 2 rings (SSSR count). The molecule has 0 spiro atoms. The fraction of sp³-hybridized carbons (Fsp3) is 0.583. The van der Waals surface area contributed by atoms with E-state index in [9.17, 15) is 0 Å². The summed E-state index contributed by atoms with van der Waals surface area (Å²) in [6.07, 6.45) is 1.26. The summed E-state index contributed by atoms with van der Waals surface area (Å²) in [5.74, 6) is 1.87. The van der Waals surface area contributed by atoms with Crippen molar-refractivity contribution in [2.45, 2.75) is 26.8 Å². The van der Waals surface area contributed by atoms with Crippen LogP contribution in [-0.2, 0) is 6.54 Å². The average molecular weight is 205 g/mol. The molecule has 82 valence electrons. The van der Waals surface area contributed by atoms with Crippen LogP contribution < -0.4 is 10.6 Å². The number of aromatic nitrogens is 1. The maximum atomic E-state index is 5.74. The van der Waals surface area contributed by atoms with Gasteiger partial charge in [0.2, 0.25) is 0 Å². The van der Waals surface area contributed by atoms with Gasteiger partial charge in [-0.2, -0.15) is 0 Å². The molecule has 1 unspecified atom stereocenters. The van der Waals surface area contributed by atoms with Gasteiger partial charge >= 0.3 is 0 Å². The highest BCUT2D eigenvalue weighted by atomic mass is 15.2.